The first kappa shape index (κ1) is 14.7. The van der Waals surface area contributed by atoms with Crippen molar-refractivity contribution in [2.75, 3.05) is 6.26 Å². The van der Waals surface area contributed by atoms with Crippen LogP contribution in [0.2, 0.25) is 0 Å². The molecule has 0 spiro atoms. The Kier molecular flexibility index (Phi) is 4.51. The lowest BCUT2D eigenvalue weighted by atomic mass is 9.90. The topological polar surface area (TPSA) is 71.4 Å². The summed E-state index contributed by atoms with van der Waals surface area (Å²) >= 11 is 0. The minimum Gasteiger partial charge on any atom is -0.481 e. The van der Waals surface area contributed by atoms with Crippen LogP contribution in [0.25, 0.3) is 0 Å². The number of carbonyl (C=O) groups is 1. The van der Waals surface area contributed by atoms with E-state index in [2.05, 4.69) is 0 Å². The van der Waals surface area contributed by atoms with Crippen LogP contribution in [-0.2, 0) is 14.6 Å². The molecule has 0 radical (unpaired) electrons. The van der Waals surface area contributed by atoms with Gasteiger partial charge in [0.2, 0.25) is 0 Å². The summed E-state index contributed by atoms with van der Waals surface area (Å²) < 4.78 is 23.3. The van der Waals surface area contributed by atoms with E-state index < -0.39 is 21.7 Å². The number of aliphatic carboxylic acids is 1. The molecule has 1 unspecified atom stereocenters. The van der Waals surface area contributed by atoms with Crippen LogP contribution < -0.4 is 0 Å². The van der Waals surface area contributed by atoms with Crippen molar-refractivity contribution in [2.24, 2.45) is 5.92 Å². The van der Waals surface area contributed by atoms with E-state index in [1.807, 2.05) is 13.8 Å². The number of hydrogen-bond acceptors (Lipinski definition) is 3. The van der Waals surface area contributed by atoms with Gasteiger partial charge in [0.25, 0.3) is 0 Å². The van der Waals surface area contributed by atoms with Crippen LogP contribution in [-0.4, -0.2) is 25.7 Å². The molecule has 1 rings (SSSR count). The average Bonchev–Trinajstić information content (AvgIpc) is 2.24. The van der Waals surface area contributed by atoms with Crippen LogP contribution >= 0.6 is 0 Å². The highest BCUT2D eigenvalue weighted by Crippen LogP contribution is 2.29. The SMILES string of the molecule is CC(C)CC(C(=O)O)c1ccccc1S(C)(=O)=O. The van der Waals surface area contributed by atoms with Crippen LogP contribution in [0.4, 0.5) is 0 Å². The second-order valence-electron chi connectivity index (χ2n) is 4.83. The molecule has 18 heavy (non-hydrogen) atoms. The van der Waals surface area contributed by atoms with Crippen molar-refractivity contribution in [2.45, 2.75) is 31.1 Å². The predicted molar refractivity (Wildman–Crippen MR) is 69.4 cm³/mol. The van der Waals surface area contributed by atoms with Gasteiger partial charge in [-0.15, -0.1) is 0 Å². The zero-order valence-corrected chi connectivity index (χ0v) is 11.6. The first-order chi connectivity index (χ1) is 8.23. The standard InChI is InChI=1S/C13H18O4S/c1-9(2)8-11(13(14)15)10-6-4-5-7-12(10)18(3,16)17/h4-7,9,11H,8H2,1-3H3,(H,14,15). The largest absolute Gasteiger partial charge is 0.481 e. The molecule has 0 heterocycles. The lowest BCUT2D eigenvalue weighted by molar-refractivity contribution is -0.139. The third kappa shape index (κ3) is 3.57. The molecule has 0 saturated carbocycles. The Morgan fingerprint density at radius 3 is 2.28 bits per heavy atom. The maximum Gasteiger partial charge on any atom is 0.311 e. The molecule has 1 aromatic carbocycles. The zero-order chi connectivity index (χ0) is 13.9. The highest BCUT2D eigenvalue weighted by molar-refractivity contribution is 7.90. The van der Waals surface area contributed by atoms with Crippen molar-refractivity contribution in [3.8, 4) is 0 Å². The van der Waals surface area contributed by atoms with Crippen molar-refractivity contribution in [1.82, 2.24) is 0 Å². The molecular weight excluding hydrogens is 252 g/mol. The van der Waals surface area contributed by atoms with Gasteiger partial charge in [-0.3, -0.25) is 4.79 Å². The Morgan fingerprint density at radius 1 is 1.28 bits per heavy atom. The van der Waals surface area contributed by atoms with Crippen molar-refractivity contribution < 1.29 is 18.3 Å². The summed E-state index contributed by atoms with van der Waals surface area (Å²) in [7, 11) is -3.41. The molecule has 4 nitrogen and oxygen atoms in total. The summed E-state index contributed by atoms with van der Waals surface area (Å²) in [5.41, 5.74) is 0.376. The zero-order valence-electron chi connectivity index (χ0n) is 10.8. The molecule has 0 aliphatic carbocycles. The van der Waals surface area contributed by atoms with E-state index in [-0.39, 0.29) is 10.8 Å². The molecule has 0 fully saturated rings. The van der Waals surface area contributed by atoms with Crippen molar-refractivity contribution in [1.29, 1.82) is 0 Å². The fourth-order valence-electron chi connectivity index (χ4n) is 1.94. The van der Waals surface area contributed by atoms with Crippen LogP contribution in [0.15, 0.2) is 29.2 Å². The van der Waals surface area contributed by atoms with Crippen molar-refractivity contribution in [3.05, 3.63) is 29.8 Å². The molecule has 0 saturated heterocycles. The first-order valence-corrected chi connectivity index (χ1v) is 7.64. The van der Waals surface area contributed by atoms with Crippen molar-refractivity contribution >= 4 is 15.8 Å². The number of carboxylic acid groups (broad SMARTS) is 1. The Balaban J connectivity index is 3.33. The monoisotopic (exact) mass is 270 g/mol. The normalized spacial score (nSPS) is 13.6. The lowest BCUT2D eigenvalue weighted by Gasteiger charge is -2.17. The number of hydrogen-bond donors (Lipinski definition) is 1. The summed E-state index contributed by atoms with van der Waals surface area (Å²) in [5, 5.41) is 9.27. The van der Waals surface area contributed by atoms with Gasteiger partial charge in [0.15, 0.2) is 9.84 Å². The van der Waals surface area contributed by atoms with E-state index in [1.54, 1.807) is 18.2 Å². The highest BCUT2D eigenvalue weighted by Gasteiger charge is 2.26. The predicted octanol–water partition coefficient (Wildman–Crippen LogP) is 2.30. The molecule has 1 N–H and O–H groups in total. The molecule has 5 heteroatoms. The molecule has 1 aromatic rings. The van der Waals surface area contributed by atoms with Gasteiger partial charge >= 0.3 is 5.97 Å². The van der Waals surface area contributed by atoms with Crippen LogP contribution in [0.1, 0.15) is 31.7 Å². The number of carboxylic acids is 1. The number of sulfone groups is 1. The van der Waals surface area contributed by atoms with Gasteiger partial charge in [-0.1, -0.05) is 32.0 Å². The molecule has 1 atom stereocenters. The average molecular weight is 270 g/mol. The second kappa shape index (κ2) is 5.52. The summed E-state index contributed by atoms with van der Waals surface area (Å²) in [6.07, 6.45) is 1.52. The van der Waals surface area contributed by atoms with E-state index in [0.29, 0.717) is 12.0 Å². The summed E-state index contributed by atoms with van der Waals surface area (Å²) in [5.74, 6) is -1.59. The van der Waals surface area contributed by atoms with Gasteiger partial charge in [-0.05, 0) is 24.0 Å². The van der Waals surface area contributed by atoms with E-state index in [0.717, 1.165) is 6.26 Å². The Bertz CT molecular complexity index is 532. The van der Waals surface area contributed by atoms with E-state index in [1.165, 1.54) is 6.07 Å². The van der Waals surface area contributed by atoms with Gasteiger partial charge in [0.1, 0.15) is 0 Å². The van der Waals surface area contributed by atoms with Crippen LogP contribution in [0.5, 0.6) is 0 Å². The van der Waals surface area contributed by atoms with Gasteiger partial charge in [0, 0.05) is 6.26 Å². The maximum atomic E-state index is 11.7. The minimum atomic E-state index is -3.41. The molecule has 0 aliphatic rings. The Morgan fingerprint density at radius 2 is 1.83 bits per heavy atom. The van der Waals surface area contributed by atoms with Gasteiger partial charge in [-0.25, -0.2) is 8.42 Å². The van der Waals surface area contributed by atoms with E-state index in [4.69, 9.17) is 0 Å². The smallest absolute Gasteiger partial charge is 0.311 e. The summed E-state index contributed by atoms with van der Waals surface area (Å²) in [6, 6.07) is 6.31. The van der Waals surface area contributed by atoms with E-state index in [9.17, 15) is 18.3 Å². The van der Waals surface area contributed by atoms with Gasteiger partial charge in [0.05, 0.1) is 10.8 Å². The molecule has 0 aromatic heterocycles. The molecular formula is C13H18O4S. The van der Waals surface area contributed by atoms with Gasteiger partial charge in [-0.2, -0.15) is 0 Å². The third-order valence-corrected chi connectivity index (χ3v) is 3.87. The second-order valence-corrected chi connectivity index (χ2v) is 6.81. The van der Waals surface area contributed by atoms with Crippen LogP contribution in [0.3, 0.4) is 0 Å². The summed E-state index contributed by atoms with van der Waals surface area (Å²) in [4.78, 5) is 11.4. The quantitative estimate of drug-likeness (QED) is 0.891. The molecule has 100 valence electrons. The maximum absolute atomic E-state index is 11.7. The van der Waals surface area contributed by atoms with Crippen molar-refractivity contribution in [3.63, 3.8) is 0 Å². The molecule has 0 aliphatic heterocycles. The van der Waals surface area contributed by atoms with Gasteiger partial charge < -0.3 is 5.11 Å². The minimum absolute atomic E-state index is 0.109. The number of benzene rings is 1. The third-order valence-electron chi connectivity index (χ3n) is 2.70. The Hall–Kier alpha value is -1.36. The summed E-state index contributed by atoms with van der Waals surface area (Å²) in [6.45, 7) is 3.83. The lowest BCUT2D eigenvalue weighted by Crippen LogP contribution is -2.17. The Labute approximate surface area is 108 Å². The fraction of sp³-hybridized carbons (Fsp3) is 0.462. The number of rotatable bonds is 5. The highest BCUT2D eigenvalue weighted by atomic mass is 32.2. The fourth-order valence-corrected chi connectivity index (χ4v) is 2.90. The van der Waals surface area contributed by atoms with Crippen LogP contribution in [0, 0.1) is 5.92 Å². The first-order valence-electron chi connectivity index (χ1n) is 5.75. The van der Waals surface area contributed by atoms with E-state index >= 15 is 0 Å². The molecule has 0 amide bonds. The molecule has 0 bridgehead atoms.